The van der Waals surface area contributed by atoms with E-state index < -0.39 is 16.1 Å². The Bertz CT molecular complexity index is 845. The summed E-state index contributed by atoms with van der Waals surface area (Å²) in [5, 5.41) is 10.4. The largest absolute Gasteiger partial charge is 0.382 e. The Hall–Kier alpha value is -1.73. The van der Waals surface area contributed by atoms with E-state index in [0.29, 0.717) is 37.6 Å². The summed E-state index contributed by atoms with van der Waals surface area (Å²) in [5.74, 6) is 0. The molecule has 0 amide bonds. The van der Waals surface area contributed by atoms with Crippen molar-refractivity contribution in [3.05, 3.63) is 65.2 Å². The molecule has 1 aliphatic rings. The summed E-state index contributed by atoms with van der Waals surface area (Å²) < 4.78 is 27.5. The van der Waals surface area contributed by atoms with Gasteiger partial charge in [-0.15, -0.1) is 0 Å². The standard InChI is InChI=1S/C20H26N2O3S/c1-16-8-9-17(2)20(14-16)26(24,25)22-12-10-21(11-13-22)15-19(23)18-6-4-3-5-7-18/h3-9,14,19,23H,10-13,15H2,1-2H3/p+1/t19-/m1/s1. The number of sulfonamides is 1. The zero-order valence-electron chi connectivity index (χ0n) is 15.4. The molecule has 1 heterocycles. The van der Waals surface area contributed by atoms with Gasteiger partial charge in [-0.2, -0.15) is 4.31 Å². The SMILES string of the molecule is Cc1ccc(C)c(S(=O)(=O)N2CC[NH+](C[C@@H](O)c3ccccc3)CC2)c1. The van der Waals surface area contributed by atoms with Crippen molar-refractivity contribution >= 4 is 10.0 Å². The molecule has 0 aliphatic carbocycles. The summed E-state index contributed by atoms with van der Waals surface area (Å²) in [6.45, 7) is 6.71. The molecule has 0 saturated carbocycles. The second-order valence-corrected chi connectivity index (χ2v) is 8.96. The van der Waals surface area contributed by atoms with E-state index in [9.17, 15) is 13.5 Å². The lowest BCUT2D eigenvalue weighted by Gasteiger charge is -2.32. The van der Waals surface area contributed by atoms with E-state index in [1.54, 1.807) is 10.4 Å². The predicted octanol–water partition coefficient (Wildman–Crippen LogP) is 0.926. The molecule has 5 nitrogen and oxygen atoms in total. The minimum absolute atomic E-state index is 0.408. The van der Waals surface area contributed by atoms with Gasteiger partial charge in [0.05, 0.1) is 31.1 Å². The van der Waals surface area contributed by atoms with Crippen molar-refractivity contribution in [2.24, 2.45) is 0 Å². The molecule has 0 radical (unpaired) electrons. The number of quaternary nitrogens is 1. The first-order chi connectivity index (χ1) is 12.4. The Morgan fingerprint density at radius 1 is 1.08 bits per heavy atom. The van der Waals surface area contributed by atoms with Crippen LogP contribution in [0.2, 0.25) is 0 Å². The van der Waals surface area contributed by atoms with Gasteiger partial charge < -0.3 is 10.0 Å². The first kappa shape index (κ1) is 19.0. The van der Waals surface area contributed by atoms with Crippen LogP contribution in [0.25, 0.3) is 0 Å². The van der Waals surface area contributed by atoms with Crippen LogP contribution in [0.1, 0.15) is 22.8 Å². The number of piperazine rings is 1. The van der Waals surface area contributed by atoms with Gasteiger partial charge >= 0.3 is 0 Å². The van der Waals surface area contributed by atoms with Crippen LogP contribution >= 0.6 is 0 Å². The van der Waals surface area contributed by atoms with Gasteiger partial charge in [0.1, 0.15) is 12.6 Å². The number of aliphatic hydroxyl groups is 1. The molecular weight excluding hydrogens is 348 g/mol. The van der Waals surface area contributed by atoms with E-state index in [0.717, 1.165) is 16.7 Å². The van der Waals surface area contributed by atoms with Crippen LogP contribution in [0.3, 0.4) is 0 Å². The number of hydrogen-bond donors (Lipinski definition) is 2. The normalized spacial score (nSPS) is 18.0. The fraction of sp³-hybridized carbons (Fsp3) is 0.400. The topological polar surface area (TPSA) is 62.0 Å². The molecular formula is C20H27N2O3S+. The molecule has 1 fully saturated rings. The summed E-state index contributed by atoms with van der Waals surface area (Å²) in [4.78, 5) is 1.64. The van der Waals surface area contributed by atoms with Crippen LogP contribution in [0.4, 0.5) is 0 Å². The average Bonchev–Trinajstić information content (AvgIpc) is 2.65. The van der Waals surface area contributed by atoms with Crippen molar-refractivity contribution in [1.82, 2.24) is 4.31 Å². The monoisotopic (exact) mass is 375 g/mol. The second kappa shape index (κ2) is 7.88. The molecule has 0 bridgehead atoms. The average molecular weight is 376 g/mol. The molecule has 2 N–H and O–H groups in total. The van der Waals surface area contributed by atoms with Gasteiger partial charge in [-0.25, -0.2) is 8.42 Å². The molecule has 1 atom stereocenters. The number of hydrogen-bond acceptors (Lipinski definition) is 3. The van der Waals surface area contributed by atoms with Gasteiger partial charge in [0.25, 0.3) is 0 Å². The third-order valence-electron chi connectivity index (χ3n) is 5.06. The highest BCUT2D eigenvalue weighted by molar-refractivity contribution is 7.89. The molecule has 2 aromatic carbocycles. The second-order valence-electron chi connectivity index (χ2n) is 7.05. The summed E-state index contributed by atoms with van der Waals surface area (Å²) in [7, 11) is -3.46. The molecule has 1 aliphatic heterocycles. The van der Waals surface area contributed by atoms with Crippen molar-refractivity contribution in [2.75, 3.05) is 32.7 Å². The number of rotatable bonds is 5. The molecule has 3 rings (SSSR count). The van der Waals surface area contributed by atoms with Crippen molar-refractivity contribution in [3.63, 3.8) is 0 Å². The maximum absolute atomic E-state index is 13.0. The Labute approximate surface area is 155 Å². The molecule has 0 unspecified atom stereocenters. The fourth-order valence-electron chi connectivity index (χ4n) is 3.44. The third kappa shape index (κ3) is 4.15. The molecule has 26 heavy (non-hydrogen) atoms. The first-order valence-corrected chi connectivity index (χ1v) is 10.5. The Morgan fingerprint density at radius 2 is 1.73 bits per heavy atom. The van der Waals surface area contributed by atoms with Crippen LogP contribution in [0, 0.1) is 13.8 Å². The molecule has 140 valence electrons. The van der Waals surface area contributed by atoms with E-state index in [1.165, 1.54) is 4.90 Å². The highest BCUT2D eigenvalue weighted by Crippen LogP contribution is 2.21. The van der Waals surface area contributed by atoms with Crippen LogP contribution in [-0.4, -0.2) is 50.6 Å². The molecule has 0 spiro atoms. The van der Waals surface area contributed by atoms with Gasteiger partial charge in [0, 0.05) is 0 Å². The van der Waals surface area contributed by atoms with Gasteiger partial charge in [-0.05, 0) is 36.6 Å². The van der Waals surface area contributed by atoms with Gasteiger partial charge in [-0.3, -0.25) is 0 Å². The summed E-state index contributed by atoms with van der Waals surface area (Å²) in [5.41, 5.74) is 2.64. The zero-order valence-corrected chi connectivity index (χ0v) is 16.2. The predicted molar refractivity (Wildman–Crippen MR) is 102 cm³/mol. The summed E-state index contributed by atoms with van der Waals surface area (Å²) in [6, 6.07) is 15.2. The van der Waals surface area contributed by atoms with E-state index in [-0.39, 0.29) is 0 Å². The first-order valence-electron chi connectivity index (χ1n) is 9.02. The lowest BCUT2D eigenvalue weighted by Crippen LogP contribution is -3.15. The van der Waals surface area contributed by atoms with Crippen LogP contribution in [-0.2, 0) is 10.0 Å². The molecule has 2 aromatic rings. The lowest BCUT2D eigenvalue weighted by molar-refractivity contribution is -0.907. The number of aliphatic hydroxyl groups excluding tert-OH is 1. The zero-order chi connectivity index (χ0) is 18.7. The van der Waals surface area contributed by atoms with Gasteiger partial charge in [0.15, 0.2) is 0 Å². The number of nitrogens with zero attached hydrogens (tertiary/aromatic N) is 1. The maximum atomic E-state index is 13.0. The summed E-state index contributed by atoms with van der Waals surface area (Å²) in [6.07, 6.45) is -0.520. The van der Waals surface area contributed by atoms with Crippen molar-refractivity contribution in [1.29, 1.82) is 0 Å². The summed E-state index contributed by atoms with van der Waals surface area (Å²) >= 11 is 0. The highest BCUT2D eigenvalue weighted by atomic mass is 32.2. The van der Waals surface area contributed by atoms with Crippen LogP contribution in [0.15, 0.2) is 53.4 Å². The molecule has 0 aromatic heterocycles. The minimum atomic E-state index is -3.46. The fourth-order valence-corrected chi connectivity index (χ4v) is 5.19. The van der Waals surface area contributed by atoms with Crippen LogP contribution < -0.4 is 4.90 Å². The van der Waals surface area contributed by atoms with Gasteiger partial charge in [0.2, 0.25) is 10.0 Å². The quantitative estimate of drug-likeness (QED) is 0.817. The maximum Gasteiger partial charge on any atom is 0.243 e. The number of benzene rings is 2. The molecule has 1 saturated heterocycles. The van der Waals surface area contributed by atoms with Crippen molar-refractivity contribution < 1.29 is 18.4 Å². The van der Waals surface area contributed by atoms with E-state index in [4.69, 9.17) is 0 Å². The highest BCUT2D eigenvalue weighted by Gasteiger charge is 2.32. The Balaban J connectivity index is 1.64. The number of nitrogens with one attached hydrogen (secondary N) is 1. The third-order valence-corrected chi connectivity index (χ3v) is 7.10. The Kier molecular flexibility index (Phi) is 5.77. The minimum Gasteiger partial charge on any atom is -0.382 e. The lowest BCUT2D eigenvalue weighted by atomic mass is 10.1. The van der Waals surface area contributed by atoms with Crippen molar-refractivity contribution in [2.45, 2.75) is 24.8 Å². The van der Waals surface area contributed by atoms with Gasteiger partial charge in [-0.1, -0.05) is 42.5 Å². The number of aryl methyl sites for hydroxylation is 2. The smallest absolute Gasteiger partial charge is 0.243 e. The van der Waals surface area contributed by atoms with Crippen molar-refractivity contribution in [3.8, 4) is 0 Å². The van der Waals surface area contributed by atoms with E-state index in [2.05, 4.69) is 0 Å². The van der Waals surface area contributed by atoms with E-state index >= 15 is 0 Å². The van der Waals surface area contributed by atoms with Crippen LogP contribution in [0.5, 0.6) is 0 Å². The Morgan fingerprint density at radius 3 is 2.38 bits per heavy atom. The molecule has 6 heteroatoms. The van der Waals surface area contributed by atoms with E-state index in [1.807, 2.05) is 56.3 Å².